The lowest BCUT2D eigenvalue weighted by atomic mass is 9.95. The highest BCUT2D eigenvalue weighted by Gasteiger charge is 2.24. The van der Waals surface area contributed by atoms with E-state index in [9.17, 15) is 4.79 Å². The van der Waals surface area contributed by atoms with Gasteiger partial charge in [0.2, 0.25) is 0 Å². The van der Waals surface area contributed by atoms with Gasteiger partial charge in [0, 0.05) is 24.2 Å². The number of anilines is 1. The molecule has 4 rings (SSSR count). The van der Waals surface area contributed by atoms with Gasteiger partial charge in [0.15, 0.2) is 5.78 Å². The van der Waals surface area contributed by atoms with E-state index in [4.69, 9.17) is 4.74 Å². The van der Waals surface area contributed by atoms with E-state index in [-0.39, 0.29) is 5.78 Å². The average Bonchev–Trinajstić information content (AvgIpc) is 2.51. The van der Waals surface area contributed by atoms with E-state index in [0.29, 0.717) is 13.2 Å². The molecule has 0 bridgehead atoms. The molecule has 0 unspecified atom stereocenters. The number of allylic oxidation sites excluding steroid dienone is 1. The Balaban J connectivity index is 1.99. The maximum Gasteiger partial charge on any atom is 0.188 e. The molecule has 5 nitrogen and oxygen atoms in total. The summed E-state index contributed by atoms with van der Waals surface area (Å²) in [5.74, 6) is 0.753. The number of ether oxygens (including phenoxy) is 1. The molecule has 2 aromatic rings. The van der Waals surface area contributed by atoms with E-state index in [1.54, 1.807) is 12.2 Å². The Bertz CT molecular complexity index is 777. The first-order valence-electron chi connectivity index (χ1n) is 7.10. The van der Waals surface area contributed by atoms with Gasteiger partial charge in [-0.1, -0.05) is 0 Å². The number of hydrogen-bond donors (Lipinski definition) is 0. The van der Waals surface area contributed by atoms with Gasteiger partial charge in [-0.3, -0.25) is 4.79 Å². The molecule has 0 N–H and O–H groups in total. The quantitative estimate of drug-likeness (QED) is 0.800. The maximum atomic E-state index is 12.4. The first-order valence-corrected chi connectivity index (χ1v) is 7.10. The van der Waals surface area contributed by atoms with Gasteiger partial charge < -0.3 is 9.64 Å². The minimum atomic E-state index is 0.0297. The van der Waals surface area contributed by atoms with Gasteiger partial charge in [-0.15, -0.1) is 0 Å². The molecular formula is C16H15N3O2. The second-order valence-electron chi connectivity index (χ2n) is 5.31. The Morgan fingerprint density at radius 1 is 1.14 bits per heavy atom. The normalized spacial score (nSPS) is 17.6. The van der Waals surface area contributed by atoms with Crippen LogP contribution in [0.4, 0.5) is 5.69 Å². The lowest BCUT2D eigenvalue weighted by Crippen LogP contribution is -2.37. The minimum absolute atomic E-state index is 0.0297. The predicted octanol–water partition coefficient (Wildman–Crippen LogP) is 1.98. The molecule has 0 saturated carbocycles. The van der Waals surface area contributed by atoms with Gasteiger partial charge in [0.1, 0.15) is 5.82 Å². The van der Waals surface area contributed by atoms with Gasteiger partial charge in [0.05, 0.1) is 30.0 Å². The van der Waals surface area contributed by atoms with Crippen LogP contribution in [0, 0.1) is 6.92 Å². The van der Waals surface area contributed by atoms with Crippen LogP contribution in [0.15, 0.2) is 18.2 Å². The monoisotopic (exact) mass is 281 g/mol. The fourth-order valence-electron chi connectivity index (χ4n) is 3.04. The maximum absolute atomic E-state index is 12.4. The third-order valence-corrected chi connectivity index (χ3v) is 3.97. The zero-order valence-electron chi connectivity index (χ0n) is 11.8. The van der Waals surface area contributed by atoms with Crippen LogP contribution in [0.25, 0.3) is 17.0 Å². The molecule has 106 valence electrons. The highest BCUT2D eigenvalue weighted by atomic mass is 16.5. The number of nitrogens with zero attached hydrogens (tertiary/aromatic N) is 3. The second kappa shape index (κ2) is 4.63. The van der Waals surface area contributed by atoms with Crippen LogP contribution in [-0.2, 0) is 4.74 Å². The van der Waals surface area contributed by atoms with Crippen molar-refractivity contribution in [3.05, 3.63) is 35.3 Å². The summed E-state index contributed by atoms with van der Waals surface area (Å²) in [4.78, 5) is 23.5. The van der Waals surface area contributed by atoms with Crippen molar-refractivity contribution < 1.29 is 9.53 Å². The molecule has 0 atom stereocenters. The number of ketones is 1. The van der Waals surface area contributed by atoms with E-state index in [0.717, 1.165) is 46.8 Å². The molecule has 1 aliphatic heterocycles. The molecule has 1 fully saturated rings. The minimum Gasteiger partial charge on any atom is -0.378 e. The third-order valence-electron chi connectivity index (χ3n) is 3.97. The molecule has 5 heteroatoms. The number of carbonyl (C=O) groups is 1. The van der Waals surface area contributed by atoms with Crippen molar-refractivity contribution in [2.75, 3.05) is 31.2 Å². The highest BCUT2D eigenvalue weighted by Crippen LogP contribution is 2.34. The van der Waals surface area contributed by atoms with E-state index in [1.165, 1.54) is 0 Å². The molecule has 2 aliphatic rings. The summed E-state index contributed by atoms with van der Waals surface area (Å²) in [5, 5.41) is 0.872. The van der Waals surface area contributed by atoms with Gasteiger partial charge in [-0.05, 0) is 31.2 Å². The van der Waals surface area contributed by atoms with Crippen molar-refractivity contribution in [1.82, 2.24) is 9.97 Å². The molecule has 2 heterocycles. The molecule has 0 spiro atoms. The van der Waals surface area contributed by atoms with Crippen LogP contribution < -0.4 is 4.90 Å². The fourth-order valence-corrected chi connectivity index (χ4v) is 3.04. The van der Waals surface area contributed by atoms with Crippen LogP contribution in [0.3, 0.4) is 0 Å². The second-order valence-corrected chi connectivity index (χ2v) is 5.31. The van der Waals surface area contributed by atoms with Crippen LogP contribution >= 0.6 is 0 Å². The van der Waals surface area contributed by atoms with Crippen molar-refractivity contribution in [1.29, 1.82) is 0 Å². The SMILES string of the molecule is Cc1nc2c3c(c(N4CCOCC4)ccc3n1)C(=O)C=C2. The van der Waals surface area contributed by atoms with Crippen molar-refractivity contribution in [2.24, 2.45) is 0 Å². The summed E-state index contributed by atoms with van der Waals surface area (Å²) in [5.41, 5.74) is 3.37. The van der Waals surface area contributed by atoms with Crippen LogP contribution in [-0.4, -0.2) is 42.1 Å². The van der Waals surface area contributed by atoms with Crippen molar-refractivity contribution in [3.63, 3.8) is 0 Å². The van der Waals surface area contributed by atoms with Gasteiger partial charge in [-0.2, -0.15) is 0 Å². The number of aromatic nitrogens is 2. The zero-order valence-corrected chi connectivity index (χ0v) is 11.8. The standard InChI is InChI=1S/C16H15N3O2/c1-10-17-11-2-4-13(19-6-8-21-9-7-19)16-14(20)5-3-12(18-10)15(11)16/h2-5H,6-9H2,1H3. The molecular weight excluding hydrogens is 266 g/mol. The Morgan fingerprint density at radius 2 is 1.95 bits per heavy atom. The first kappa shape index (κ1) is 12.5. The fraction of sp³-hybridized carbons (Fsp3) is 0.312. The zero-order chi connectivity index (χ0) is 14.4. The number of morpholine rings is 1. The van der Waals surface area contributed by atoms with E-state index >= 15 is 0 Å². The van der Waals surface area contributed by atoms with Gasteiger partial charge >= 0.3 is 0 Å². The smallest absolute Gasteiger partial charge is 0.188 e. The Labute approximate surface area is 122 Å². The number of aryl methyl sites for hydroxylation is 1. The molecule has 1 aliphatic carbocycles. The lowest BCUT2D eigenvalue weighted by molar-refractivity contribution is 0.104. The van der Waals surface area contributed by atoms with Gasteiger partial charge in [-0.25, -0.2) is 9.97 Å². The van der Waals surface area contributed by atoms with Gasteiger partial charge in [0.25, 0.3) is 0 Å². The summed E-state index contributed by atoms with van der Waals surface area (Å²) >= 11 is 0. The third kappa shape index (κ3) is 1.93. The summed E-state index contributed by atoms with van der Waals surface area (Å²) in [6.45, 7) is 4.86. The highest BCUT2D eigenvalue weighted by molar-refractivity contribution is 6.22. The molecule has 1 saturated heterocycles. The predicted molar refractivity (Wildman–Crippen MR) is 80.7 cm³/mol. The van der Waals surface area contributed by atoms with Crippen LogP contribution in [0.5, 0.6) is 0 Å². The van der Waals surface area contributed by atoms with E-state index < -0.39 is 0 Å². The average molecular weight is 281 g/mol. The van der Waals surface area contributed by atoms with E-state index in [2.05, 4.69) is 14.9 Å². The number of benzene rings is 1. The van der Waals surface area contributed by atoms with Crippen molar-refractivity contribution in [2.45, 2.75) is 6.92 Å². The molecule has 0 amide bonds. The van der Waals surface area contributed by atoms with Crippen molar-refractivity contribution in [3.8, 4) is 0 Å². The summed E-state index contributed by atoms with van der Waals surface area (Å²) in [6.07, 6.45) is 3.39. The summed E-state index contributed by atoms with van der Waals surface area (Å²) in [6, 6.07) is 3.98. The Kier molecular flexibility index (Phi) is 2.75. The molecule has 1 aromatic carbocycles. The summed E-state index contributed by atoms with van der Waals surface area (Å²) < 4.78 is 5.40. The van der Waals surface area contributed by atoms with Crippen LogP contribution in [0.1, 0.15) is 21.9 Å². The number of hydrogen-bond acceptors (Lipinski definition) is 5. The molecule has 1 aromatic heterocycles. The number of carbonyl (C=O) groups excluding carboxylic acids is 1. The Hall–Kier alpha value is -2.27. The molecule has 0 radical (unpaired) electrons. The lowest BCUT2D eigenvalue weighted by Gasteiger charge is -2.31. The topological polar surface area (TPSA) is 55.3 Å². The Morgan fingerprint density at radius 3 is 2.76 bits per heavy atom. The first-order chi connectivity index (χ1) is 10.2. The molecule has 21 heavy (non-hydrogen) atoms. The van der Waals surface area contributed by atoms with E-state index in [1.807, 2.05) is 19.1 Å². The summed E-state index contributed by atoms with van der Waals surface area (Å²) in [7, 11) is 0. The van der Waals surface area contributed by atoms with Crippen LogP contribution in [0.2, 0.25) is 0 Å². The number of rotatable bonds is 1. The van der Waals surface area contributed by atoms with Crippen molar-refractivity contribution >= 4 is 28.4 Å². The largest absolute Gasteiger partial charge is 0.378 e.